The molecule has 40 heavy (non-hydrogen) atoms. The van der Waals surface area contributed by atoms with Gasteiger partial charge in [0.05, 0.1) is 16.7 Å². The highest BCUT2D eigenvalue weighted by atomic mass is 32.2. The van der Waals surface area contributed by atoms with Gasteiger partial charge in [0.1, 0.15) is 6.29 Å². The second-order valence-corrected chi connectivity index (χ2v) is 12.3. The number of aldehydes is 1. The van der Waals surface area contributed by atoms with Gasteiger partial charge in [0.15, 0.2) is 0 Å². The minimum Gasteiger partial charge on any atom is -0.350 e. The Morgan fingerprint density at radius 2 is 1.48 bits per heavy atom. The molecule has 0 aromatic heterocycles. The van der Waals surface area contributed by atoms with Crippen molar-refractivity contribution in [3.63, 3.8) is 0 Å². The van der Waals surface area contributed by atoms with Crippen molar-refractivity contribution in [1.82, 2.24) is 5.32 Å². The van der Waals surface area contributed by atoms with Crippen LogP contribution in [0, 0.1) is 5.92 Å². The van der Waals surface area contributed by atoms with Crippen LogP contribution in [0.4, 0.5) is 0 Å². The van der Waals surface area contributed by atoms with E-state index >= 15 is 0 Å². The van der Waals surface area contributed by atoms with Gasteiger partial charge in [-0.15, -0.1) is 0 Å². The fourth-order valence-corrected chi connectivity index (χ4v) is 6.28. The Kier molecular flexibility index (Phi) is 16.8. The average Bonchev–Trinajstić information content (AvgIpc) is 2.99. The first-order chi connectivity index (χ1) is 19.5. The number of hydrogen-bond acceptors (Lipinski definition) is 5. The summed E-state index contributed by atoms with van der Waals surface area (Å²) in [7, 11) is -2.57. The molecule has 1 N–H and O–H groups in total. The summed E-state index contributed by atoms with van der Waals surface area (Å²) in [6.07, 6.45) is 5.03. The molecule has 0 fully saturated rings. The molecule has 5 nitrogen and oxygen atoms in total. The van der Waals surface area contributed by atoms with Crippen LogP contribution in [0.5, 0.6) is 0 Å². The van der Waals surface area contributed by atoms with Crippen molar-refractivity contribution in [3.8, 4) is 0 Å². The molecule has 3 rings (SSSR count). The van der Waals surface area contributed by atoms with E-state index in [-0.39, 0.29) is 24.1 Å². The first kappa shape index (κ1) is 33.4. The van der Waals surface area contributed by atoms with Gasteiger partial charge in [-0.25, -0.2) is 4.21 Å². The normalized spacial score (nSPS) is 13.8. The molecule has 3 aromatic carbocycles. The maximum atomic E-state index is 12.9. The molecule has 1 amide bonds. The third-order valence-electron chi connectivity index (χ3n) is 5.94. The van der Waals surface area contributed by atoms with E-state index in [4.69, 9.17) is 0 Å². The van der Waals surface area contributed by atoms with Gasteiger partial charge in [0, 0.05) is 50.8 Å². The van der Waals surface area contributed by atoms with E-state index in [1.54, 1.807) is 23.6 Å². The van der Waals surface area contributed by atoms with Crippen LogP contribution < -0.4 is 5.32 Å². The number of rotatable bonds is 15. The predicted octanol–water partition coefficient (Wildman–Crippen LogP) is 6.25. The molecule has 0 saturated heterocycles. The first-order valence-electron chi connectivity index (χ1n) is 13.4. The standard InChI is InChI=1S/C25H31NO4S2.C7H8S/c1-2-3-12-23(16-18-32(30)24-13-8-5-9-14-24)26-25(28)22(15-17-27)20-31(29)19-21-10-6-4-7-11-21;8-6-7-4-2-1-3-5-7/h4-11,13-14,16-18,22-23H,2-3,12,15,19-20H2,1H3,(H,26,28);1-5,8H,6H2/b18-16+;/t22?,23-,31?,32?;/m0./s1. The Labute approximate surface area is 249 Å². The summed E-state index contributed by atoms with van der Waals surface area (Å²) in [5.41, 5.74) is 2.21. The Bertz CT molecular complexity index is 1200. The predicted molar refractivity (Wildman–Crippen MR) is 170 cm³/mol. The minimum atomic E-state index is -1.31. The number of carbonyl (C=O) groups is 2. The molecule has 0 spiro atoms. The Morgan fingerprint density at radius 3 is 2.00 bits per heavy atom. The van der Waals surface area contributed by atoms with Gasteiger partial charge in [-0.1, -0.05) is 105 Å². The summed E-state index contributed by atoms with van der Waals surface area (Å²) in [6.45, 7) is 2.06. The van der Waals surface area contributed by atoms with Crippen LogP contribution in [-0.2, 0) is 42.7 Å². The largest absolute Gasteiger partial charge is 0.350 e. The first-order valence-corrected chi connectivity index (χ1v) is 16.7. The lowest BCUT2D eigenvalue weighted by Crippen LogP contribution is -2.40. The number of nitrogens with one attached hydrogen (secondary N) is 1. The number of carbonyl (C=O) groups excluding carboxylic acids is 2. The molecular formula is C32H39NO4S3. The molecule has 0 aliphatic heterocycles. The summed E-state index contributed by atoms with van der Waals surface area (Å²) < 4.78 is 25.1. The van der Waals surface area contributed by atoms with Crippen LogP contribution in [0.25, 0.3) is 0 Å². The zero-order chi connectivity index (χ0) is 29.0. The zero-order valence-corrected chi connectivity index (χ0v) is 25.4. The van der Waals surface area contributed by atoms with Crippen LogP contribution in [0.1, 0.15) is 43.7 Å². The van der Waals surface area contributed by atoms with E-state index in [1.807, 2.05) is 66.7 Å². The molecule has 3 unspecified atom stereocenters. The lowest BCUT2D eigenvalue weighted by molar-refractivity contribution is -0.126. The van der Waals surface area contributed by atoms with Crippen molar-refractivity contribution < 1.29 is 18.0 Å². The van der Waals surface area contributed by atoms with E-state index in [0.717, 1.165) is 24.2 Å². The smallest absolute Gasteiger partial charge is 0.224 e. The SMILES string of the molecule is CCCC[C@@H](/C=C/S(=O)c1ccccc1)NC(=O)C(CC=O)CS(=O)Cc1ccccc1.SCc1ccccc1. The lowest BCUT2D eigenvalue weighted by Gasteiger charge is -2.19. The van der Waals surface area contributed by atoms with Gasteiger partial charge in [0.25, 0.3) is 0 Å². The molecule has 0 aliphatic carbocycles. The molecule has 214 valence electrons. The number of hydrogen-bond donors (Lipinski definition) is 2. The summed E-state index contributed by atoms with van der Waals surface area (Å²) >= 11 is 4.11. The number of thiol groups is 1. The summed E-state index contributed by atoms with van der Waals surface area (Å²) in [4.78, 5) is 24.7. The van der Waals surface area contributed by atoms with Crippen molar-refractivity contribution >= 4 is 46.4 Å². The summed E-state index contributed by atoms with van der Waals surface area (Å²) in [5.74, 6) is 0.350. The van der Waals surface area contributed by atoms with E-state index in [2.05, 4.69) is 37.0 Å². The van der Waals surface area contributed by atoms with Crippen molar-refractivity contribution in [2.45, 2.75) is 55.1 Å². The maximum absolute atomic E-state index is 12.9. The summed E-state index contributed by atoms with van der Waals surface area (Å²) in [6, 6.07) is 28.4. The topological polar surface area (TPSA) is 80.3 Å². The Balaban J connectivity index is 0.000000598. The molecule has 0 aliphatic rings. The number of benzene rings is 3. The van der Waals surface area contributed by atoms with Gasteiger partial charge in [0.2, 0.25) is 5.91 Å². The molecule has 0 radical (unpaired) electrons. The van der Waals surface area contributed by atoms with Crippen LogP contribution in [0.3, 0.4) is 0 Å². The lowest BCUT2D eigenvalue weighted by atomic mass is 10.1. The van der Waals surface area contributed by atoms with Gasteiger partial charge in [-0.2, -0.15) is 12.6 Å². The summed E-state index contributed by atoms with van der Waals surface area (Å²) in [5, 5.41) is 4.55. The van der Waals surface area contributed by atoms with Gasteiger partial charge >= 0.3 is 0 Å². The Morgan fingerprint density at radius 1 is 0.900 bits per heavy atom. The van der Waals surface area contributed by atoms with E-state index in [9.17, 15) is 18.0 Å². The van der Waals surface area contributed by atoms with Crippen LogP contribution in [-0.4, -0.2) is 32.4 Å². The van der Waals surface area contributed by atoms with Gasteiger partial charge < -0.3 is 10.1 Å². The average molecular weight is 598 g/mol. The fourth-order valence-electron chi connectivity index (χ4n) is 3.73. The third kappa shape index (κ3) is 13.5. The molecule has 0 saturated carbocycles. The van der Waals surface area contributed by atoms with Crippen molar-refractivity contribution in [2.24, 2.45) is 5.92 Å². The molecule has 0 heterocycles. The highest BCUT2D eigenvalue weighted by Crippen LogP contribution is 2.13. The van der Waals surface area contributed by atoms with E-state index in [1.165, 1.54) is 5.56 Å². The van der Waals surface area contributed by atoms with E-state index in [0.29, 0.717) is 23.4 Å². The van der Waals surface area contributed by atoms with Crippen molar-refractivity contribution in [1.29, 1.82) is 0 Å². The second kappa shape index (κ2) is 20.1. The number of unbranched alkanes of at least 4 members (excludes halogenated alkanes) is 1. The van der Waals surface area contributed by atoms with Gasteiger partial charge in [-0.05, 0) is 29.7 Å². The monoisotopic (exact) mass is 597 g/mol. The molecule has 4 atom stereocenters. The van der Waals surface area contributed by atoms with Crippen molar-refractivity contribution in [3.05, 3.63) is 114 Å². The molecular weight excluding hydrogens is 559 g/mol. The number of amides is 1. The molecule has 3 aromatic rings. The quantitative estimate of drug-likeness (QED) is 0.160. The van der Waals surface area contributed by atoms with Gasteiger partial charge in [-0.3, -0.25) is 9.00 Å². The Hall–Kier alpha value is -2.81. The third-order valence-corrected chi connectivity index (χ3v) is 8.88. The highest BCUT2D eigenvalue weighted by molar-refractivity contribution is 7.88. The van der Waals surface area contributed by atoms with Crippen LogP contribution >= 0.6 is 12.6 Å². The molecule has 0 bridgehead atoms. The highest BCUT2D eigenvalue weighted by Gasteiger charge is 2.23. The zero-order valence-electron chi connectivity index (χ0n) is 22.9. The van der Waals surface area contributed by atoms with Crippen LogP contribution in [0.2, 0.25) is 0 Å². The second-order valence-electron chi connectivity index (χ2n) is 9.18. The molecule has 8 heteroatoms. The maximum Gasteiger partial charge on any atom is 0.224 e. The fraction of sp³-hybridized carbons (Fsp3) is 0.312. The van der Waals surface area contributed by atoms with E-state index < -0.39 is 27.5 Å². The van der Waals surface area contributed by atoms with Crippen LogP contribution in [0.15, 0.2) is 107 Å². The van der Waals surface area contributed by atoms with Crippen molar-refractivity contribution in [2.75, 3.05) is 5.75 Å². The minimum absolute atomic E-state index is 0.0204.